The zero-order chi connectivity index (χ0) is 23.9. The average molecular weight is 483 g/mol. The summed E-state index contributed by atoms with van der Waals surface area (Å²) < 4.78 is 17.6. The molecule has 10 heteroatoms. The number of nitrogens with one attached hydrogen (secondary N) is 2. The number of thioether (sulfide) groups is 1. The van der Waals surface area contributed by atoms with Gasteiger partial charge in [0.2, 0.25) is 5.91 Å². The topological polar surface area (TPSA) is 104 Å². The van der Waals surface area contributed by atoms with Gasteiger partial charge in [0.15, 0.2) is 18.1 Å². The molecule has 2 aromatic carbocycles. The molecule has 0 saturated carbocycles. The molecule has 0 fully saturated rings. The first-order valence-electron chi connectivity index (χ1n) is 10.7. The molecule has 0 saturated heterocycles. The third kappa shape index (κ3) is 5.63. The van der Waals surface area contributed by atoms with Crippen LogP contribution in [-0.4, -0.2) is 42.4 Å². The molecule has 0 bridgehead atoms. The summed E-state index contributed by atoms with van der Waals surface area (Å²) in [6.45, 7) is 0.183. The lowest BCUT2D eigenvalue weighted by molar-refractivity contribution is -0.122. The summed E-state index contributed by atoms with van der Waals surface area (Å²) in [6, 6.07) is 14.6. The molecule has 178 valence electrons. The summed E-state index contributed by atoms with van der Waals surface area (Å²) >= 11 is 1.72. The number of carbonyl (C=O) groups is 2. The molecule has 1 aliphatic rings. The van der Waals surface area contributed by atoms with E-state index < -0.39 is 0 Å². The van der Waals surface area contributed by atoms with Crippen molar-refractivity contribution in [2.75, 3.05) is 26.1 Å². The maximum absolute atomic E-state index is 12.6. The summed E-state index contributed by atoms with van der Waals surface area (Å²) in [5.41, 5.74) is 2.78. The highest BCUT2D eigenvalue weighted by molar-refractivity contribution is 7.98. The number of anilines is 1. The standard InChI is InChI=1S/C24H26N4O5S/c1-31-17-9-7-16(8-10-17)11-25-22(29)12-28-24(18-14-34-15-19(18)27-28)26-23(30)13-33-21-6-4-3-5-20(21)32-2/h3-10H,11-15H2,1-2H3,(H,25,29)(H,26,30). The summed E-state index contributed by atoms with van der Waals surface area (Å²) in [6.07, 6.45) is 0. The molecule has 2 heterocycles. The first-order chi connectivity index (χ1) is 16.6. The van der Waals surface area contributed by atoms with Crippen LogP contribution < -0.4 is 24.8 Å². The fourth-order valence-corrected chi connectivity index (χ4v) is 4.54. The van der Waals surface area contributed by atoms with Crippen LogP contribution in [0.3, 0.4) is 0 Å². The van der Waals surface area contributed by atoms with E-state index in [1.807, 2.05) is 30.3 Å². The summed E-state index contributed by atoms with van der Waals surface area (Å²) in [5.74, 6) is 3.25. The highest BCUT2D eigenvalue weighted by Gasteiger charge is 2.25. The first kappa shape index (κ1) is 23.5. The van der Waals surface area contributed by atoms with Gasteiger partial charge in [-0.1, -0.05) is 24.3 Å². The molecule has 0 spiro atoms. The van der Waals surface area contributed by atoms with E-state index >= 15 is 0 Å². The molecular formula is C24H26N4O5S. The number of hydrogen-bond donors (Lipinski definition) is 2. The molecule has 3 aromatic rings. The molecule has 2 N–H and O–H groups in total. The Morgan fingerprint density at radius 1 is 1.00 bits per heavy atom. The molecular weight excluding hydrogens is 456 g/mol. The minimum Gasteiger partial charge on any atom is -0.497 e. The fourth-order valence-electron chi connectivity index (χ4n) is 3.51. The number of aromatic nitrogens is 2. The van der Waals surface area contributed by atoms with E-state index in [1.54, 1.807) is 48.9 Å². The van der Waals surface area contributed by atoms with Crippen molar-refractivity contribution in [3.63, 3.8) is 0 Å². The Bertz CT molecular complexity index is 1160. The molecule has 9 nitrogen and oxygen atoms in total. The summed E-state index contributed by atoms with van der Waals surface area (Å²) in [5, 5.41) is 10.3. The van der Waals surface area contributed by atoms with Gasteiger partial charge in [-0.05, 0) is 29.8 Å². The third-order valence-corrected chi connectivity index (χ3v) is 6.22. The van der Waals surface area contributed by atoms with Gasteiger partial charge >= 0.3 is 0 Å². The van der Waals surface area contributed by atoms with Gasteiger partial charge in [0.1, 0.15) is 18.1 Å². The van der Waals surface area contributed by atoms with Crippen LogP contribution >= 0.6 is 11.8 Å². The zero-order valence-corrected chi connectivity index (χ0v) is 19.8. The Labute approximate surface area is 201 Å². The van der Waals surface area contributed by atoms with Gasteiger partial charge in [0.05, 0.1) is 19.9 Å². The van der Waals surface area contributed by atoms with Gasteiger partial charge in [-0.3, -0.25) is 9.59 Å². The molecule has 4 rings (SSSR count). The first-order valence-corrected chi connectivity index (χ1v) is 11.8. The SMILES string of the molecule is COc1ccc(CNC(=O)Cn2nc3c(c2NC(=O)COc2ccccc2OC)CSC3)cc1. The van der Waals surface area contributed by atoms with Crippen LogP contribution in [0.15, 0.2) is 48.5 Å². The van der Waals surface area contributed by atoms with Crippen LogP contribution in [0.4, 0.5) is 5.82 Å². The Morgan fingerprint density at radius 3 is 2.50 bits per heavy atom. The normalized spacial score (nSPS) is 12.1. The van der Waals surface area contributed by atoms with Gasteiger partial charge in [0.25, 0.3) is 5.91 Å². The van der Waals surface area contributed by atoms with Crippen LogP contribution in [0.2, 0.25) is 0 Å². The predicted octanol–water partition coefficient (Wildman–Crippen LogP) is 2.98. The zero-order valence-electron chi connectivity index (χ0n) is 19.0. The lowest BCUT2D eigenvalue weighted by Gasteiger charge is -2.13. The number of hydrogen-bond acceptors (Lipinski definition) is 7. The highest BCUT2D eigenvalue weighted by Crippen LogP contribution is 2.34. The van der Waals surface area contributed by atoms with Gasteiger partial charge < -0.3 is 24.8 Å². The lowest BCUT2D eigenvalue weighted by atomic mass is 10.2. The van der Waals surface area contributed by atoms with E-state index in [-0.39, 0.29) is 25.0 Å². The second-order valence-electron chi connectivity index (χ2n) is 7.54. The molecule has 0 unspecified atom stereocenters. The smallest absolute Gasteiger partial charge is 0.263 e. The number of ether oxygens (including phenoxy) is 3. The quantitative estimate of drug-likeness (QED) is 0.458. The van der Waals surface area contributed by atoms with E-state index in [1.165, 1.54) is 0 Å². The second-order valence-corrected chi connectivity index (χ2v) is 8.52. The number of amides is 2. The summed E-state index contributed by atoms with van der Waals surface area (Å²) in [7, 11) is 3.15. The number of methoxy groups -OCH3 is 2. The van der Waals surface area contributed by atoms with Crippen LogP contribution in [0.25, 0.3) is 0 Å². The van der Waals surface area contributed by atoms with Crippen LogP contribution in [0.5, 0.6) is 17.2 Å². The van der Waals surface area contributed by atoms with Crippen molar-refractivity contribution in [1.29, 1.82) is 0 Å². The van der Waals surface area contributed by atoms with E-state index in [0.29, 0.717) is 23.9 Å². The monoisotopic (exact) mass is 482 g/mol. The Balaban J connectivity index is 1.38. The average Bonchev–Trinajstić information content (AvgIpc) is 3.44. The third-order valence-electron chi connectivity index (χ3n) is 5.25. The Morgan fingerprint density at radius 2 is 1.76 bits per heavy atom. The highest BCUT2D eigenvalue weighted by atomic mass is 32.2. The van der Waals surface area contributed by atoms with Gasteiger partial charge in [-0.2, -0.15) is 16.9 Å². The Kier molecular flexibility index (Phi) is 7.58. The van der Waals surface area contributed by atoms with Crippen LogP contribution in [-0.2, 0) is 34.2 Å². The predicted molar refractivity (Wildman–Crippen MR) is 129 cm³/mol. The number of fused-ring (bicyclic) bond motifs is 1. The van der Waals surface area contributed by atoms with Crippen LogP contribution in [0.1, 0.15) is 16.8 Å². The van der Waals surface area contributed by atoms with Crippen molar-refractivity contribution in [1.82, 2.24) is 15.1 Å². The second kappa shape index (κ2) is 11.0. The van der Waals surface area contributed by atoms with E-state index in [9.17, 15) is 9.59 Å². The molecule has 1 aromatic heterocycles. The molecule has 2 amide bonds. The van der Waals surface area contributed by atoms with Crippen molar-refractivity contribution in [3.8, 4) is 17.2 Å². The van der Waals surface area contributed by atoms with Crippen LogP contribution in [0, 0.1) is 0 Å². The van der Waals surface area contributed by atoms with Crippen molar-refractivity contribution in [2.45, 2.75) is 24.6 Å². The maximum Gasteiger partial charge on any atom is 0.263 e. The number of benzene rings is 2. The van der Waals surface area contributed by atoms with Crippen molar-refractivity contribution in [3.05, 3.63) is 65.4 Å². The minimum atomic E-state index is -0.342. The van der Waals surface area contributed by atoms with Gasteiger partial charge in [0, 0.05) is 23.6 Å². The van der Waals surface area contributed by atoms with Crippen molar-refractivity contribution >= 4 is 29.4 Å². The number of rotatable bonds is 10. The number of carbonyl (C=O) groups excluding carboxylic acids is 2. The molecule has 0 radical (unpaired) electrons. The van der Waals surface area contributed by atoms with Gasteiger partial charge in [-0.15, -0.1) is 0 Å². The minimum absolute atomic E-state index is 0.00317. The molecule has 0 aliphatic carbocycles. The van der Waals surface area contributed by atoms with Crippen molar-refractivity contribution in [2.24, 2.45) is 0 Å². The largest absolute Gasteiger partial charge is 0.497 e. The number of para-hydroxylation sites is 2. The summed E-state index contributed by atoms with van der Waals surface area (Å²) in [4.78, 5) is 25.3. The fraction of sp³-hybridized carbons (Fsp3) is 0.292. The Hall–Kier alpha value is -3.66. The van der Waals surface area contributed by atoms with Crippen molar-refractivity contribution < 1.29 is 23.8 Å². The maximum atomic E-state index is 12.6. The number of nitrogens with zero attached hydrogens (tertiary/aromatic N) is 2. The van der Waals surface area contributed by atoms with Gasteiger partial charge in [-0.25, -0.2) is 4.68 Å². The molecule has 0 atom stereocenters. The van der Waals surface area contributed by atoms with E-state index in [2.05, 4.69) is 15.7 Å². The van der Waals surface area contributed by atoms with E-state index in [0.717, 1.165) is 34.1 Å². The molecule has 34 heavy (non-hydrogen) atoms. The lowest BCUT2D eigenvalue weighted by Crippen LogP contribution is -2.29. The molecule has 1 aliphatic heterocycles. The van der Waals surface area contributed by atoms with E-state index in [4.69, 9.17) is 14.2 Å².